The molecular weight excluding hydrogens is 302 g/mol. The van der Waals surface area contributed by atoms with Gasteiger partial charge in [-0.2, -0.15) is 0 Å². The van der Waals surface area contributed by atoms with Crippen LogP contribution >= 0.6 is 0 Å². The van der Waals surface area contributed by atoms with Crippen molar-refractivity contribution in [3.05, 3.63) is 35.0 Å². The van der Waals surface area contributed by atoms with Crippen LogP contribution in [0.4, 0.5) is 8.78 Å². The summed E-state index contributed by atoms with van der Waals surface area (Å²) in [6.07, 6.45) is 15.7. The maximum Gasteiger partial charge on any atom is 0.162 e. The topological polar surface area (TPSA) is 0 Å². The highest BCUT2D eigenvalue weighted by molar-refractivity contribution is 5.41. The Labute approximate surface area is 146 Å². The first-order valence-electron chi connectivity index (χ1n) is 10.0. The fourth-order valence-corrected chi connectivity index (χ4v) is 5.16. The Morgan fingerprint density at radius 2 is 1.42 bits per heavy atom. The van der Waals surface area contributed by atoms with Crippen molar-refractivity contribution in [3.63, 3.8) is 0 Å². The summed E-state index contributed by atoms with van der Waals surface area (Å²) < 4.78 is 28.5. The number of rotatable bonds is 3. The van der Waals surface area contributed by atoms with Gasteiger partial charge in [-0.1, -0.05) is 38.3 Å². The van der Waals surface area contributed by atoms with Gasteiger partial charge in [0.15, 0.2) is 11.7 Å². The molecule has 0 aromatic carbocycles. The molecule has 0 atom stereocenters. The molecule has 0 aromatic rings. The number of hydrogen-bond acceptors (Lipinski definition) is 0. The van der Waals surface area contributed by atoms with Crippen molar-refractivity contribution in [2.45, 2.75) is 78.1 Å². The summed E-state index contributed by atoms with van der Waals surface area (Å²) in [7, 11) is 0. The first kappa shape index (κ1) is 17.9. The zero-order valence-electron chi connectivity index (χ0n) is 15.3. The van der Waals surface area contributed by atoms with Gasteiger partial charge in [-0.15, -0.1) is 0 Å². The Balaban J connectivity index is 1.57. The highest BCUT2D eigenvalue weighted by Crippen LogP contribution is 2.45. The molecule has 0 radical (unpaired) electrons. The van der Waals surface area contributed by atoms with E-state index in [1.54, 1.807) is 13.0 Å². The minimum atomic E-state index is -0.640. The van der Waals surface area contributed by atoms with Gasteiger partial charge in [0, 0.05) is 0 Å². The van der Waals surface area contributed by atoms with E-state index in [0.717, 1.165) is 30.6 Å². The predicted molar refractivity (Wildman–Crippen MR) is 96.9 cm³/mol. The van der Waals surface area contributed by atoms with Crippen molar-refractivity contribution < 1.29 is 8.78 Å². The average Bonchev–Trinajstić information content (AvgIpc) is 2.75. The zero-order valence-corrected chi connectivity index (χ0v) is 15.3. The molecule has 134 valence electrons. The Morgan fingerprint density at radius 1 is 0.833 bits per heavy atom. The van der Waals surface area contributed by atoms with E-state index in [4.69, 9.17) is 0 Å². The number of halogens is 2. The first-order chi connectivity index (χ1) is 11.6. The third kappa shape index (κ3) is 3.83. The fraction of sp³-hybridized carbons (Fsp3) is 0.727. The van der Waals surface area contributed by atoms with Crippen LogP contribution in [0, 0.1) is 23.7 Å². The van der Waals surface area contributed by atoms with Crippen molar-refractivity contribution in [1.82, 2.24) is 0 Å². The van der Waals surface area contributed by atoms with Crippen LogP contribution in [0.3, 0.4) is 0 Å². The zero-order chi connectivity index (χ0) is 17.1. The lowest BCUT2D eigenvalue weighted by Crippen LogP contribution is -2.26. The van der Waals surface area contributed by atoms with Gasteiger partial charge in [0.2, 0.25) is 0 Å². The molecule has 0 aliphatic heterocycles. The van der Waals surface area contributed by atoms with E-state index >= 15 is 0 Å². The van der Waals surface area contributed by atoms with E-state index < -0.39 is 11.7 Å². The minimum Gasteiger partial charge on any atom is -0.203 e. The highest BCUT2D eigenvalue weighted by atomic mass is 19.2. The van der Waals surface area contributed by atoms with Gasteiger partial charge in [-0.3, -0.25) is 0 Å². The summed E-state index contributed by atoms with van der Waals surface area (Å²) in [6, 6.07) is 0. The van der Waals surface area contributed by atoms with Gasteiger partial charge >= 0.3 is 0 Å². The lowest BCUT2D eigenvalue weighted by atomic mass is 9.68. The standard InChI is InChI=1S/C22H32F2/c1-3-16-7-9-17(10-8-16)18-11-13-19(14-12-18)20-6-4-5-15(2)21(23)22(20)24/h5-6,16-19H,3-4,7-14H2,1-2H3. The lowest BCUT2D eigenvalue weighted by Gasteiger charge is -2.38. The normalized spacial score (nSPS) is 35.3. The van der Waals surface area contributed by atoms with E-state index in [9.17, 15) is 8.78 Å². The molecule has 3 aliphatic rings. The van der Waals surface area contributed by atoms with E-state index in [1.807, 2.05) is 6.08 Å². The van der Waals surface area contributed by atoms with Gasteiger partial charge in [0.05, 0.1) is 0 Å². The average molecular weight is 334 g/mol. The maximum atomic E-state index is 14.5. The fourth-order valence-electron chi connectivity index (χ4n) is 5.16. The van der Waals surface area contributed by atoms with E-state index in [1.165, 1.54) is 44.9 Å². The highest BCUT2D eigenvalue weighted by Gasteiger charge is 2.33. The van der Waals surface area contributed by atoms with E-state index in [0.29, 0.717) is 17.6 Å². The number of hydrogen-bond donors (Lipinski definition) is 0. The second-order valence-electron chi connectivity index (χ2n) is 8.21. The van der Waals surface area contributed by atoms with Crippen LogP contribution in [-0.2, 0) is 0 Å². The molecule has 0 nitrogen and oxygen atoms in total. The summed E-state index contributed by atoms with van der Waals surface area (Å²) in [5.74, 6) is 1.65. The van der Waals surface area contributed by atoms with Crippen molar-refractivity contribution in [1.29, 1.82) is 0 Å². The third-order valence-electron chi connectivity index (χ3n) is 6.90. The molecule has 24 heavy (non-hydrogen) atoms. The molecule has 2 saturated carbocycles. The monoisotopic (exact) mass is 334 g/mol. The second kappa shape index (κ2) is 7.97. The first-order valence-corrected chi connectivity index (χ1v) is 10.0. The Hall–Kier alpha value is -0.920. The van der Waals surface area contributed by atoms with Gasteiger partial charge in [0.25, 0.3) is 0 Å². The molecule has 0 amide bonds. The molecule has 2 heteroatoms. The van der Waals surface area contributed by atoms with Crippen LogP contribution < -0.4 is 0 Å². The Bertz CT molecular complexity index is 524. The lowest BCUT2D eigenvalue weighted by molar-refractivity contribution is 0.152. The van der Waals surface area contributed by atoms with Gasteiger partial charge in [-0.05, 0) is 86.7 Å². The van der Waals surface area contributed by atoms with Gasteiger partial charge in [0.1, 0.15) is 0 Å². The maximum absolute atomic E-state index is 14.5. The number of allylic oxidation sites excluding steroid dienone is 6. The molecule has 3 aliphatic carbocycles. The van der Waals surface area contributed by atoms with Crippen LogP contribution in [0.5, 0.6) is 0 Å². The summed E-state index contributed by atoms with van der Waals surface area (Å²) in [6.45, 7) is 3.98. The smallest absolute Gasteiger partial charge is 0.162 e. The minimum absolute atomic E-state index is 0.221. The third-order valence-corrected chi connectivity index (χ3v) is 6.90. The van der Waals surface area contributed by atoms with Crippen LogP contribution in [0.2, 0.25) is 0 Å². The predicted octanol–water partition coefficient (Wildman–Crippen LogP) is 7.44. The molecule has 0 bridgehead atoms. The molecule has 2 fully saturated rings. The summed E-state index contributed by atoms with van der Waals surface area (Å²) in [4.78, 5) is 0. The molecule has 0 unspecified atom stereocenters. The molecule has 0 N–H and O–H groups in total. The van der Waals surface area contributed by atoms with Crippen LogP contribution in [-0.4, -0.2) is 0 Å². The van der Waals surface area contributed by atoms with Crippen molar-refractivity contribution in [2.24, 2.45) is 23.7 Å². The molecule has 0 aromatic heterocycles. The summed E-state index contributed by atoms with van der Waals surface area (Å²) >= 11 is 0. The largest absolute Gasteiger partial charge is 0.203 e. The van der Waals surface area contributed by atoms with Crippen molar-refractivity contribution in [3.8, 4) is 0 Å². The Kier molecular flexibility index (Phi) is 5.94. The summed E-state index contributed by atoms with van der Waals surface area (Å²) in [5.41, 5.74) is 1.09. The molecule has 0 saturated heterocycles. The Morgan fingerprint density at radius 3 is 2.00 bits per heavy atom. The molecule has 3 rings (SSSR count). The van der Waals surface area contributed by atoms with Gasteiger partial charge in [-0.25, -0.2) is 8.78 Å². The van der Waals surface area contributed by atoms with Crippen LogP contribution in [0.25, 0.3) is 0 Å². The van der Waals surface area contributed by atoms with E-state index in [-0.39, 0.29) is 5.92 Å². The van der Waals surface area contributed by atoms with Gasteiger partial charge < -0.3 is 0 Å². The van der Waals surface area contributed by atoms with E-state index in [2.05, 4.69) is 6.92 Å². The molecule has 0 heterocycles. The summed E-state index contributed by atoms with van der Waals surface area (Å²) in [5, 5.41) is 0. The molecular formula is C22H32F2. The SMILES string of the molecule is CCC1CCC(C2CCC(C3=CCC=C(C)C(F)=C3F)CC2)CC1. The quantitative estimate of drug-likeness (QED) is 0.503. The van der Waals surface area contributed by atoms with Crippen molar-refractivity contribution >= 4 is 0 Å². The van der Waals surface area contributed by atoms with Crippen LogP contribution in [0.15, 0.2) is 35.0 Å². The molecule has 0 spiro atoms. The van der Waals surface area contributed by atoms with Crippen molar-refractivity contribution in [2.75, 3.05) is 0 Å². The van der Waals surface area contributed by atoms with Crippen LogP contribution in [0.1, 0.15) is 78.1 Å². The second-order valence-corrected chi connectivity index (χ2v) is 8.21.